The summed E-state index contributed by atoms with van der Waals surface area (Å²) in [7, 11) is 3.24. The third kappa shape index (κ3) is 2.88. The van der Waals surface area contributed by atoms with Crippen LogP contribution < -0.4 is 9.47 Å². The molecule has 1 aliphatic rings. The molecule has 0 bridgehead atoms. The highest BCUT2D eigenvalue weighted by Crippen LogP contribution is 2.37. The Morgan fingerprint density at radius 1 is 1.35 bits per heavy atom. The molecule has 0 radical (unpaired) electrons. The minimum Gasteiger partial charge on any atom is -0.493 e. The first kappa shape index (κ1) is 14.7. The lowest BCUT2D eigenvalue weighted by Gasteiger charge is -2.34. The molecule has 108 valence electrons. The maximum Gasteiger partial charge on any atom is 0.166 e. The van der Waals surface area contributed by atoms with Crippen LogP contribution in [0.5, 0.6) is 11.5 Å². The Morgan fingerprint density at radius 3 is 2.75 bits per heavy atom. The van der Waals surface area contributed by atoms with Crippen LogP contribution in [0.1, 0.15) is 31.4 Å². The van der Waals surface area contributed by atoms with Gasteiger partial charge in [-0.25, -0.2) is 0 Å². The molecule has 4 nitrogen and oxygen atoms in total. The Balaban J connectivity index is 2.34. The van der Waals surface area contributed by atoms with Crippen molar-refractivity contribution in [1.82, 2.24) is 4.90 Å². The van der Waals surface area contributed by atoms with Gasteiger partial charge in [0.05, 0.1) is 20.3 Å². The number of rotatable bonds is 4. The number of nitriles is 1. The van der Waals surface area contributed by atoms with E-state index in [1.807, 2.05) is 18.2 Å². The number of para-hydroxylation sites is 1. The summed E-state index contributed by atoms with van der Waals surface area (Å²) in [6, 6.07) is 7.87. The van der Waals surface area contributed by atoms with E-state index in [9.17, 15) is 5.26 Å². The maximum absolute atomic E-state index is 9.61. The summed E-state index contributed by atoms with van der Waals surface area (Å²) < 4.78 is 10.8. The highest BCUT2D eigenvalue weighted by Gasteiger charge is 2.28. The first-order valence-corrected chi connectivity index (χ1v) is 7.05. The molecule has 1 aromatic rings. The molecule has 0 aliphatic carbocycles. The van der Waals surface area contributed by atoms with E-state index < -0.39 is 0 Å². The van der Waals surface area contributed by atoms with Crippen LogP contribution in [-0.4, -0.2) is 32.2 Å². The predicted molar refractivity (Wildman–Crippen MR) is 77.9 cm³/mol. The number of methoxy groups -OCH3 is 2. The van der Waals surface area contributed by atoms with E-state index in [2.05, 4.69) is 17.9 Å². The van der Waals surface area contributed by atoms with Crippen LogP contribution in [-0.2, 0) is 0 Å². The molecule has 0 N–H and O–H groups in total. The van der Waals surface area contributed by atoms with Gasteiger partial charge in [-0.15, -0.1) is 0 Å². The highest BCUT2D eigenvalue weighted by molar-refractivity contribution is 5.49. The zero-order valence-electron chi connectivity index (χ0n) is 12.4. The Morgan fingerprint density at radius 2 is 2.15 bits per heavy atom. The fourth-order valence-electron chi connectivity index (χ4n) is 2.94. The fourth-order valence-corrected chi connectivity index (χ4v) is 2.94. The summed E-state index contributed by atoms with van der Waals surface area (Å²) in [6.45, 7) is 4.16. The van der Waals surface area contributed by atoms with Gasteiger partial charge in [0.15, 0.2) is 11.5 Å². The van der Waals surface area contributed by atoms with Gasteiger partial charge in [0.1, 0.15) is 6.04 Å². The van der Waals surface area contributed by atoms with Crippen LogP contribution in [0.3, 0.4) is 0 Å². The van der Waals surface area contributed by atoms with E-state index in [4.69, 9.17) is 9.47 Å². The van der Waals surface area contributed by atoms with E-state index in [1.54, 1.807) is 14.2 Å². The average molecular weight is 274 g/mol. The molecular formula is C16H22N2O2. The zero-order valence-corrected chi connectivity index (χ0v) is 12.4. The van der Waals surface area contributed by atoms with Crippen molar-refractivity contribution in [2.24, 2.45) is 5.92 Å². The lowest BCUT2D eigenvalue weighted by molar-refractivity contribution is 0.154. The van der Waals surface area contributed by atoms with E-state index in [0.717, 1.165) is 25.1 Å². The topological polar surface area (TPSA) is 45.5 Å². The lowest BCUT2D eigenvalue weighted by Crippen LogP contribution is -2.37. The van der Waals surface area contributed by atoms with Crippen LogP contribution in [0.2, 0.25) is 0 Å². The van der Waals surface area contributed by atoms with Crippen molar-refractivity contribution in [1.29, 1.82) is 5.26 Å². The molecule has 1 heterocycles. The molecule has 1 fully saturated rings. The standard InChI is InChI=1S/C16H22N2O2/c1-12-6-5-9-18(11-12)14(10-17)13-7-4-8-15(19-2)16(13)20-3/h4,7-8,12,14H,5-6,9,11H2,1-3H3. The predicted octanol–water partition coefficient (Wildman–Crippen LogP) is 3.00. The number of benzene rings is 1. The molecule has 1 aliphatic heterocycles. The summed E-state index contributed by atoms with van der Waals surface area (Å²) in [4.78, 5) is 2.24. The molecule has 0 spiro atoms. The summed E-state index contributed by atoms with van der Waals surface area (Å²) in [5, 5.41) is 9.61. The lowest BCUT2D eigenvalue weighted by atomic mass is 9.96. The largest absolute Gasteiger partial charge is 0.493 e. The first-order chi connectivity index (χ1) is 9.71. The molecule has 0 aromatic heterocycles. The SMILES string of the molecule is COc1cccc(C(C#N)N2CCCC(C)C2)c1OC. The van der Waals surface area contributed by atoms with Crippen LogP contribution in [0, 0.1) is 17.2 Å². The van der Waals surface area contributed by atoms with Gasteiger partial charge in [-0.1, -0.05) is 19.1 Å². The van der Waals surface area contributed by atoms with Crippen molar-refractivity contribution in [2.75, 3.05) is 27.3 Å². The molecule has 0 amide bonds. The Labute approximate surface area is 120 Å². The smallest absolute Gasteiger partial charge is 0.166 e. The molecular weight excluding hydrogens is 252 g/mol. The van der Waals surface area contributed by atoms with Crippen molar-refractivity contribution in [3.8, 4) is 17.6 Å². The third-order valence-electron chi connectivity index (χ3n) is 3.90. The van der Waals surface area contributed by atoms with Crippen molar-refractivity contribution in [3.05, 3.63) is 23.8 Å². The second-order valence-electron chi connectivity index (χ2n) is 5.36. The molecule has 20 heavy (non-hydrogen) atoms. The van der Waals surface area contributed by atoms with Gasteiger partial charge >= 0.3 is 0 Å². The van der Waals surface area contributed by atoms with Gasteiger partial charge in [-0.2, -0.15) is 5.26 Å². The average Bonchev–Trinajstić information content (AvgIpc) is 2.47. The minimum absolute atomic E-state index is 0.275. The van der Waals surface area contributed by atoms with Gasteiger partial charge in [-0.3, -0.25) is 4.90 Å². The summed E-state index contributed by atoms with van der Waals surface area (Å²) in [6.07, 6.45) is 2.38. The van der Waals surface area contributed by atoms with Crippen LogP contribution in [0.15, 0.2) is 18.2 Å². The molecule has 4 heteroatoms. The first-order valence-electron chi connectivity index (χ1n) is 7.05. The van der Waals surface area contributed by atoms with Crippen LogP contribution >= 0.6 is 0 Å². The number of hydrogen-bond acceptors (Lipinski definition) is 4. The molecule has 2 rings (SSSR count). The van der Waals surface area contributed by atoms with Gasteiger partial charge in [0.2, 0.25) is 0 Å². The van der Waals surface area contributed by atoms with Crippen LogP contribution in [0.25, 0.3) is 0 Å². The third-order valence-corrected chi connectivity index (χ3v) is 3.90. The number of hydrogen-bond donors (Lipinski definition) is 0. The van der Waals surface area contributed by atoms with E-state index >= 15 is 0 Å². The van der Waals surface area contributed by atoms with Crippen molar-refractivity contribution in [3.63, 3.8) is 0 Å². The maximum atomic E-state index is 9.61. The molecule has 1 aromatic carbocycles. The number of nitrogens with zero attached hydrogens (tertiary/aromatic N) is 2. The number of ether oxygens (including phenoxy) is 2. The second-order valence-corrected chi connectivity index (χ2v) is 5.36. The molecule has 0 saturated carbocycles. The van der Waals surface area contributed by atoms with Gasteiger partial charge in [0.25, 0.3) is 0 Å². The summed E-state index contributed by atoms with van der Waals surface area (Å²) in [5.41, 5.74) is 0.892. The Hall–Kier alpha value is -1.73. The molecule has 2 atom stereocenters. The summed E-state index contributed by atoms with van der Waals surface area (Å²) in [5.74, 6) is 1.98. The van der Waals surface area contributed by atoms with Crippen LogP contribution in [0.4, 0.5) is 0 Å². The van der Waals surface area contributed by atoms with Crippen molar-refractivity contribution >= 4 is 0 Å². The Bertz CT molecular complexity index is 496. The highest BCUT2D eigenvalue weighted by atomic mass is 16.5. The molecule has 2 unspecified atom stereocenters. The van der Waals surface area contributed by atoms with Crippen molar-refractivity contribution < 1.29 is 9.47 Å². The fraction of sp³-hybridized carbons (Fsp3) is 0.562. The minimum atomic E-state index is -0.275. The van der Waals surface area contributed by atoms with Gasteiger partial charge in [-0.05, 0) is 31.4 Å². The number of piperidine rings is 1. The monoisotopic (exact) mass is 274 g/mol. The van der Waals surface area contributed by atoms with Crippen molar-refractivity contribution in [2.45, 2.75) is 25.8 Å². The quantitative estimate of drug-likeness (QED) is 0.846. The second kappa shape index (κ2) is 6.62. The Kier molecular flexibility index (Phi) is 4.86. The normalized spacial score (nSPS) is 21.0. The van der Waals surface area contributed by atoms with E-state index in [1.165, 1.54) is 6.42 Å². The molecule has 1 saturated heterocycles. The zero-order chi connectivity index (χ0) is 14.5. The van der Waals surface area contributed by atoms with Gasteiger partial charge in [0, 0.05) is 12.1 Å². The number of likely N-dealkylation sites (tertiary alicyclic amines) is 1. The summed E-state index contributed by atoms with van der Waals surface area (Å²) >= 11 is 0. The van der Waals surface area contributed by atoms with E-state index in [0.29, 0.717) is 17.4 Å². The van der Waals surface area contributed by atoms with E-state index in [-0.39, 0.29) is 6.04 Å². The van der Waals surface area contributed by atoms with Gasteiger partial charge < -0.3 is 9.47 Å².